The summed E-state index contributed by atoms with van der Waals surface area (Å²) in [6.45, 7) is 0. The molecule has 1 amide bonds. The summed E-state index contributed by atoms with van der Waals surface area (Å²) in [6.07, 6.45) is 7.70. The average molecular weight is 302 g/mol. The summed E-state index contributed by atoms with van der Waals surface area (Å²) in [5.74, 6) is 1.13. The normalized spacial score (nSPS) is 23.4. The molecule has 1 atom stereocenters. The number of carbonyl (C=O) groups excluding carboxylic acids is 1. The van der Waals surface area contributed by atoms with Crippen LogP contribution in [0, 0.1) is 11.8 Å². The lowest BCUT2D eigenvalue weighted by Crippen LogP contribution is -2.38. The van der Waals surface area contributed by atoms with E-state index in [9.17, 15) is 4.79 Å². The highest BCUT2D eigenvalue weighted by Crippen LogP contribution is 2.35. The Morgan fingerprint density at radius 3 is 2.36 bits per heavy atom. The zero-order valence-electron chi connectivity index (χ0n) is 14.0. The number of rotatable bonds is 7. The largest absolute Gasteiger partial charge is 0.370 e. The van der Waals surface area contributed by atoms with E-state index in [1.165, 1.54) is 24.8 Å². The van der Waals surface area contributed by atoms with Gasteiger partial charge >= 0.3 is 0 Å². The maximum atomic E-state index is 11.1. The van der Waals surface area contributed by atoms with Gasteiger partial charge in [-0.15, -0.1) is 0 Å². The molecule has 2 N–H and O–H groups in total. The first-order chi connectivity index (χ1) is 10.6. The van der Waals surface area contributed by atoms with E-state index in [0.717, 1.165) is 25.2 Å². The molecule has 1 aromatic carbocycles. The molecule has 1 aliphatic carbocycles. The van der Waals surface area contributed by atoms with Gasteiger partial charge in [-0.25, -0.2) is 0 Å². The molecule has 3 heteroatoms. The van der Waals surface area contributed by atoms with Crippen LogP contribution in [0.1, 0.15) is 44.1 Å². The van der Waals surface area contributed by atoms with E-state index in [-0.39, 0.29) is 5.91 Å². The summed E-state index contributed by atoms with van der Waals surface area (Å²) < 4.78 is 0. The molecule has 0 saturated heterocycles. The summed E-state index contributed by atoms with van der Waals surface area (Å²) >= 11 is 0. The number of hydrogen-bond acceptors (Lipinski definition) is 2. The predicted molar refractivity (Wildman–Crippen MR) is 91.5 cm³/mol. The third-order valence-electron chi connectivity index (χ3n) is 5.16. The summed E-state index contributed by atoms with van der Waals surface area (Å²) in [7, 11) is 4.40. The maximum Gasteiger partial charge on any atom is 0.217 e. The number of benzene rings is 1. The Morgan fingerprint density at radius 2 is 1.82 bits per heavy atom. The minimum atomic E-state index is -0.142. The van der Waals surface area contributed by atoms with Crippen molar-refractivity contribution in [3.63, 3.8) is 0 Å². The first-order valence-corrected chi connectivity index (χ1v) is 8.55. The van der Waals surface area contributed by atoms with Crippen LogP contribution in [-0.2, 0) is 11.2 Å². The van der Waals surface area contributed by atoms with E-state index in [2.05, 4.69) is 49.3 Å². The Labute approximate surface area is 134 Å². The van der Waals surface area contributed by atoms with Gasteiger partial charge < -0.3 is 10.6 Å². The number of amides is 1. The third-order valence-corrected chi connectivity index (χ3v) is 5.16. The smallest absolute Gasteiger partial charge is 0.217 e. The standard InChI is InChI=1S/C19H30N2O/c1-21(2)18(13-10-15-6-4-3-5-7-15)17-11-8-16(9-12-17)14-19(20)22/h3-7,16-18H,8-14H2,1-2H3,(H2,20,22). The van der Waals surface area contributed by atoms with Gasteiger partial charge in [0.15, 0.2) is 0 Å². The van der Waals surface area contributed by atoms with E-state index < -0.39 is 0 Å². The zero-order valence-corrected chi connectivity index (χ0v) is 14.0. The number of nitrogens with two attached hydrogens (primary N) is 1. The monoisotopic (exact) mass is 302 g/mol. The summed E-state index contributed by atoms with van der Waals surface area (Å²) in [5, 5.41) is 0. The van der Waals surface area contributed by atoms with Crippen LogP contribution in [-0.4, -0.2) is 30.9 Å². The lowest BCUT2D eigenvalue weighted by Gasteiger charge is -2.37. The molecule has 0 spiro atoms. The topological polar surface area (TPSA) is 46.3 Å². The second-order valence-electron chi connectivity index (χ2n) is 7.01. The van der Waals surface area contributed by atoms with Crippen molar-refractivity contribution < 1.29 is 4.79 Å². The number of carbonyl (C=O) groups is 1. The molecule has 0 bridgehead atoms. The third kappa shape index (κ3) is 5.13. The van der Waals surface area contributed by atoms with Gasteiger partial charge in [0.2, 0.25) is 5.91 Å². The van der Waals surface area contributed by atoms with Gasteiger partial charge in [0, 0.05) is 12.5 Å². The molecular formula is C19H30N2O. The van der Waals surface area contributed by atoms with Gasteiger partial charge in [-0.05, 0) is 70.0 Å². The summed E-state index contributed by atoms with van der Waals surface area (Å²) in [6, 6.07) is 11.4. The molecule has 22 heavy (non-hydrogen) atoms. The molecule has 0 heterocycles. The van der Waals surface area contributed by atoms with E-state index >= 15 is 0 Å². The molecule has 1 aromatic rings. The second kappa shape index (κ2) is 8.33. The summed E-state index contributed by atoms with van der Waals surface area (Å²) in [4.78, 5) is 13.5. The molecule has 0 aliphatic heterocycles. The lowest BCUT2D eigenvalue weighted by molar-refractivity contribution is -0.119. The fraction of sp³-hybridized carbons (Fsp3) is 0.632. The minimum Gasteiger partial charge on any atom is -0.370 e. The van der Waals surface area contributed by atoms with Crippen molar-refractivity contribution in [3.05, 3.63) is 35.9 Å². The van der Waals surface area contributed by atoms with Gasteiger partial charge in [-0.1, -0.05) is 30.3 Å². The SMILES string of the molecule is CN(C)C(CCc1ccccc1)C1CCC(CC(N)=O)CC1. The molecule has 122 valence electrons. The second-order valence-corrected chi connectivity index (χ2v) is 7.01. The molecule has 0 aromatic heterocycles. The van der Waals surface area contributed by atoms with Crippen molar-refractivity contribution in [2.75, 3.05) is 14.1 Å². The van der Waals surface area contributed by atoms with Crippen LogP contribution in [0.5, 0.6) is 0 Å². The maximum absolute atomic E-state index is 11.1. The van der Waals surface area contributed by atoms with Gasteiger partial charge in [-0.2, -0.15) is 0 Å². The Morgan fingerprint density at radius 1 is 1.18 bits per heavy atom. The highest BCUT2D eigenvalue weighted by atomic mass is 16.1. The van der Waals surface area contributed by atoms with Gasteiger partial charge in [0.1, 0.15) is 0 Å². The predicted octanol–water partition coefficient (Wildman–Crippen LogP) is 3.23. The van der Waals surface area contributed by atoms with Crippen LogP contribution in [0.4, 0.5) is 0 Å². The van der Waals surface area contributed by atoms with E-state index in [1.807, 2.05) is 0 Å². The van der Waals surface area contributed by atoms with Crippen LogP contribution in [0.25, 0.3) is 0 Å². The highest BCUT2D eigenvalue weighted by molar-refractivity contribution is 5.73. The first-order valence-electron chi connectivity index (χ1n) is 8.55. The molecule has 1 aliphatic rings. The molecule has 3 nitrogen and oxygen atoms in total. The Kier molecular flexibility index (Phi) is 6.44. The average Bonchev–Trinajstić information content (AvgIpc) is 2.49. The van der Waals surface area contributed by atoms with Gasteiger partial charge in [0.25, 0.3) is 0 Å². The fourth-order valence-corrected chi connectivity index (χ4v) is 3.94. The van der Waals surface area contributed by atoms with Crippen molar-refractivity contribution in [2.45, 2.75) is 51.0 Å². The van der Waals surface area contributed by atoms with Crippen molar-refractivity contribution in [1.82, 2.24) is 4.90 Å². The van der Waals surface area contributed by atoms with Crippen LogP contribution in [0.3, 0.4) is 0 Å². The van der Waals surface area contributed by atoms with Crippen molar-refractivity contribution in [3.8, 4) is 0 Å². The Bertz CT molecular complexity index is 450. The zero-order chi connectivity index (χ0) is 15.9. The highest BCUT2D eigenvalue weighted by Gasteiger charge is 2.29. The summed E-state index contributed by atoms with van der Waals surface area (Å²) in [5.41, 5.74) is 6.76. The fourth-order valence-electron chi connectivity index (χ4n) is 3.94. The van der Waals surface area contributed by atoms with Crippen molar-refractivity contribution in [2.24, 2.45) is 17.6 Å². The van der Waals surface area contributed by atoms with E-state index in [4.69, 9.17) is 5.73 Å². The number of nitrogens with zero attached hydrogens (tertiary/aromatic N) is 1. The van der Waals surface area contributed by atoms with Crippen LogP contribution < -0.4 is 5.73 Å². The number of hydrogen-bond donors (Lipinski definition) is 1. The molecule has 1 unspecified atom stereocenters. The molecule has 0 radical (unpaired) electrons. The van der Waals surface area contributed by atoms with E-state index in [0.29, 0.717) is 18.4 Å². The minimum absolute atomic E-state index is 0.142. The number of aryl methyl sites for hydroxylation is 1. The van der Waals surface area contributed by atoms with Crippen molar-refractivity contribution in [1.29, 1.82) is 0 Å². The van der Waals surface area contributed by atoms with Gasteiger partial charge in [-0.3, -0.25) is 4.79 Å². The Hall–Kier alpha value is -1.35. The molecule has 1 fully saturated rings. The molecule has 2 rings (SSSR count). The van der Waals surface area contributed by atoms with Crippen LogP contribution >= 0.6 is 0 Å². The van der Waals surface area contributed by atoms with Crippen molar-refractivity contribution >= 4 is 5.91 Å². The Balaban J connectivity index is 1.85. The quantitative estimate of drug-likeness (QED) is 0.840. The first kappa shape index (κ1) is 17.0. The van der Waals surface area contributed by atoms with Crippen LogP contribution in [0.2, 0.25) is 0 Å². The van der Waals surface area contributed by atoms with Crippen LogP contribution in [0.15, 0.2) is 30.3 Å². The van der Waals surface area contributed by atoms with Gasteiger partial charge in [0.05, 0.1) is 0 Å². The number of primary amides is 1. The molecule has 1 saturated carbocycles. The molecular weight excluding hydrogens is 272 g/mol. The van der Waals surface area contributed by atoms with E-state index in [1.54, 1.807) is 0 Å². The lowest BCUT2D eigenvalue weighted by atomic mass is 9.76.